The molecule has 1 aromatic rings. The fraction of sp³-hybridized carbons (Fsp3) is 0.810. The number of aromatic nitrogens is 3. The molecule has 1 aliphatic carbocycles. The molecule has 3 rings (SSSR count). The van der Waals surface area contributed by atoms with Crippen LogP contribution in [0.3, 0.4) is 0 Å². The van der Waals surface area contributed by atoms with Gasteiger partial charge in [-0.1, -0.05) is 31.5 Å². The Kier molecular flexibility index (Phi) is 10.9. The second-order valence-electron chi connectivity index (χ2n) is 8.26. The van der Waals surface area contributed by atoms with Gasteiger partial charge < -0.3 is 19.5 Å². The Morgan fingerprint density at radius 3 is 2.68 bits per heavy atom. The SMILES string of the molecule is CCNC(=NCCCc1nnc(SC)n1C1CCCC1)N1CC(C)C(C(=O)OC)C1.I. The fourth-order valence-corrected chi connectivity index (χ4v) is 5.17. The fourth-order valence-electron chi connectivity index (χ4n) is 4.59. The molecule has 0 amide bonds. The summed E-state index contributed by atoms with van der Waals surface area (Å²) in [4.78, 5) is 19.0. The Morgan fingerprint density at radius 1 is 1.29 bits per heavy atom. The summed E-state index contributed by atoms with van der Waals surface area (Å²) in [6.45, 7) is 7.18. The number of carbonyl (C=O) groups excluding carboxylic acids is 1. The Labute approximate surface area is 207 Å². The average Bonchev–Trinajstić information content (AvgIpc) is 3.48. The largest absolute Gasteiger partial charge is 0.469 e. The van der Waals surface area contributed by atoms with Crippen LogP contribution in [0.5, 0.6) is 0 Å². The first-order valence-electron chi connectivity index (χ1n) is 11.2. The normalized spacial score (nSPS) is 21.9. The summed E-state index contributed by atoms with van der Waals surface area (Å²) in [5.74, 6) is 2.02. The summed E-state index contributed by atoms with van der Waals surface area (Å²) in [6.07, 6.45) is 8.95. The predicted molar refractivity (Wildman–Crippen MR) is 135 cm³/mol. The third-order valence-corrected chi connectivity index (χ3v) is 6.82. The van der Waals surface area contributed by atoms with Crippen LogP contribution in [0.25, 0.3) is 0 Å². The molecule has 0 spiro atoms. The molecule has 0 bridgehead atoms. The molecule has 1 saturated heterocycles. The van der Waals surface area contributed by atoms with Gasteiger partial charge >= 0.3 is 5.97 Å². The second kappa shape index (κ2) is 12.9. The van der Waals surface area contributed by atoms with Crippen molar-refractivity contribution in [3.63, 3.8) is 0 Å². The molecule has 1 N–H and O–H groups in total. The van der Waals surface area contributed by atoms with Crippen LogP contribution in [0.1, 0.15) is 57.8 Å². The first kappa shape index (κ1) is 26.2. The van der Waals surface area contributed by atoms with Crippen LogP contribution < -0.4 is 5.32 Å². The second-order valence-corrected chi connectivity index (χ2v) is 9.04. The van der Waals surface area contributed by atoms with Crippen molar-refractivity contribution in [3.05, 3.63) is 5.82 Å². The molecule has 2 aliphatic rings. The van der Waals surface area contributed by atoms with Crippen LogP contribution in [-0.2, 0) is 16.0 Å². The zero-order valence-corrected chi connectivity index (χ0v) is 22.3. The van der Waals surface area contributed by atoms with Gasteiger partial charge in [0.2, 0.25) is 0 Å². The molecule has 31 heavy (non-hydrogen) atoms. The highest BCUT2D eigenvalue weighted by Gasteiger charge is 2.36. The van der Waals surface area contributed by atoms with Gasteiger partial charge in [-0.3, -0.25) is 9.79 Å². The van der Waals surface area contributed by atoms with E-state index in [9.17, 15) is 4.79 Å². The summed E-state index contributed by atoms with van der Waals surface area (Å²) < 4.78 is 7.33. The molecular formula is C21H37IN6O2S. The lowest BCUT2D eigenvalue weighted by Gasteiger charge is -2.21. The molecule has 1 aromatic heterocycles. The number of aliphatic imine (C=N–C) groups is 1. The number of ether oxygens (including phenoxy) is 1. The number of aryl methyl sites for hydroxylation is 1. The van der Waals surface area contributed by atoms with Crippen LogP contribution in [0.4, 0.5) is 0 Å². The van der Waals surface area contributed by atoms with E-state index in [1.54, 1.807) is 11.8 Å². The lowest BCUT2D eigenvalue weighted by Crippen LogP contribution is -2.40. The number of methoxy groups -OCH3 is 1. The van der Waals surface area contributed by atoms with E-state index in [0.717, 1.165) is 49.4 Å². The molecule has 176 valence electrons. The molecule has 2 atom stereocenters. The first-order chi connectivity index (χ1) is 14.6. The van der Waals surface area contributed by atoms with Gasteiger partial charge in [0.05, 0.1) is 13.0 Å². The van der Waals surface area contributed by atoms with Crippen LogP contribution in [-0.4, -0.2) is 71.1 Å². The van der Waals surface area contributed by atoms with Crippen molar-refractivity contribution in [3.8, 4) is 0 Å². The maximum Gasteiger partial charge on any atom is 0.310 e. The number of hydrogen-bond acceptors (Lipinski definition) is 6. The van der Waals surface area contributed by atoms with Crippen molar-refractivity contribution in [1.29, 1.82) is 0 Å². The number of likely N-dealkylation sites (tertiary alicyclic amines) is 1. The van der Waals surface area contributed by atoms with Crippen LogP contribution in [0.2, 0.25) is 0 Å². The van der Waals surface area contributed by atoms with Gasteiger partial charge in [-0.25, -0.2) is 0 Å². The van der Waals surface area contributed by atoms with Gasteiger partial charge in [0.15, 0.2) is 11.1 Å². The van der Waals surface area contributed by atoms with Gasteiger partial charge in [0.25, 0.3) is 0 Å². The molecule has 0 radical (unpaired) electrons. The van der Waals surface area contributed by atoms with E-state index in [1.165, 1.54) is 32.8 Å². The van der Waals surface area contributed by atoms with Crippen molar-refractivity contribution in [2.24, 2.45) is 16.8 Å². The Morgan fingerprint density at radius 2 is 2.03 bits per heavy atom. The van der Waals surface area contributed by atoms with Crippen molar-refractivity contribution < 1.29 is 9.53 Å². The van der Waals surface area contributed by atoms with Crippen LogP contribution >= 0.6 is 35.7 Å². The van der Waals surface area contributed by atoms with Crippen LogP contribution in [0, 0.1) is 11.8 Å². The highest BCUT2D eigenvalue weighted by atomic mass is 127. The number of nitrogens with one attached hydrogen (secondary N) is 1. The average molecular weight is 565 g/mol. The molecule has 2 fully saturated rings. The van der Waals surface area contributed by atoms with Crippen molar-refractivity contribution in [2.45, 2.75) is 63.6 Å². The summed E-state index contributed by atoms with van der Waals surface area (Å²) in [5.41, 5.74) is 0. The van der Waals surface area contributed by atoms with E-state index in [-0.39, 0.29) is 41.8 Å². The highest BCUT2D eigenvalue weighted by Crippen LogP contribution is 2.33. The molecule has 0 aromatic carbocycles. The van der Waals surface area contributed by atoms with E-state index in [1.807, 2.05) is 0 Å². The van der Waals surface area contributed by atoms with E-state index in [4.69, 9.17) is 9.73 Å². The minimum absolute atomic E-state index is 0. The number of carbonyl (C=O) groups is 1. The minimum Gasteiger partial charge on any atom is -0.469 e. The zero-order chi connectivity index (χ0) is 21.5. The summed E-state index contributed by atoms with van der Waals surface area (Å²) >= 11 is 1.68. The third-order valence-electron chi connectivity index (χ3n) is 6.18. The summed E-state index contributed by atoms with van der Waals surface area (Å²) in [7, 11) is 1.46. The van der Waals surface area contributed by atoms with Crippen molar-refractivity contribution >= 4 is 47.7 Å². The van der Waals surface area contributed by atoms with Crippen molar-refractivity contribution in [1.82, 2.24) is 25.0 Å². The molecular weight excluding hydrogens is 527 g/mol. The van der Waals surface area contributed by atoms with E-state index < -0.39 is 0 Å². The van der Waals surface area contributed by atoms with Gasteiger partial charge in [0, 0.05) is 38.6 Å². The standard InChI is InChI=1S/C21H36N6O2S.HI/c1-5-22-20(26-13-15(2)17(14-26)19(28)29-3)23-12-8-11-18-24-25-21(30-4)27(18)16-9-6-7-10-16;/h15-17H,5-14H2,1-4H3,(H,22,23);1H. The maximum atomic E-state index is 12.0. The number of thioether (sulfide) groups is 1. The van der Waals surface area contributed by atoms with Gasteiger partial charge in [-0.15, -0.1) is 34.2 Å². The predicted octanol–water partition coefficient (Wildman–Crippen LogP) is 3.37. The van der Waals surface area contributed by atoms with Gasteiger partial charge in [-0.05, 0) is 38.4 Å². The molecule has 1 saturated carbocycles. The minimum atomic E-state index is -0.128. The smallest absolute Gasteiger partial charge is 0.310 e. The number of esters is 1. The zero-order valence-electron chi connectivity index (χ0n) is 19.2. The van der Waals surface area contributed by atoms with E-state index in [0.29, 0.717) is 12.6 Å². The molecule has 2 unspecified atom stereocenters. The number of hydrogen-bond donors (Lipinski definition) is 1. The number of nitrogens with zero attached hydrogens (tertiary/aromatic N) is 5. The monoisotopic (exact) mass is 564 g/mol. The van der Waals surface area contributed by atoms with Gasteiger partial charge in [0.1, 0.15) is 5.82 Å². The number of halogens is 1. The Bertz CT molecular complexity index is 737. The lowest BCUT2D eigenvalue weighted by atomic mass is 9.99. The molecule has 1 aliphatic heterocycles. The van der Waals surface area contributed by atoms with E-state index >= 15 is 0 Å². The van der Waals surface area contributed by atoms with Crippen molar-refractivity contribution in [2.75, 3.05) is 39.5 Å². The number of guanidine groups is 1. The molecule has 2 heterocycles. The first-order valence-corrected chi connectivity index (χ1v) is 12.4. The highest BCUT2D eigenvalue weighted by molar-refractivity contribution is 14.0. The maximum absolute atomic E-state index is 12.0. The molecule has 10 heteroatoms. The quantitative estimate of drug-likeness (QED) is 0.130. The Hall–Kier alpha value is -1.04. The third kappa shape index (κ3) is 6.49. The van der Waals surface area contributed by atoms with Crippen LogP contribution in [0.15, 0.2) is 10.1 Å². The lowest BCUT2D eigenvalue weighted by molar-refractivity contribution is -0.145. The summed E-state index contributed by atoms with van der Waals surface area (Å²) in [5, 5.41) is 13.3. The number of rotatable bonds is 8. The summed E-state index contributed by atoms with van der Waals surface area (Å²) in [6, 6.07) is 0.555. The Balaban J connectivity index is 0.00000341. The van der Waals surface area contributed by atoms with Gasteiger partial charge in [-0.2, -0.15) is 0 Å². The van der Waals surface area contributed by atoms with E-state index in [2.05, 4.69) is 45.1 Å². The molecule has 8 nitrogen and oxygen atoms in total. The topological polar surface area (TPSA) is 84.6 Å².